The predicted molar refractivity (Wildman–Crippen MR) is 121 cm³/mol. The summed E-state index contributed by atoms with van der Waals surface area (Å²) in [5, 5.41) is 0. The highest BCUT2D eigenvalue weighted by atomic mass is 35.5. The highest BCUT2D eigenvalue weighted by Crippen LogP contribution is 2.17. The Hall–Kier alpha value is -0.430. The first kappa shape index (κ1) is 25.6. The van der Waals surface area contributed by atoms with E-state index in [0.717, 1.165) is 0 Å². The minimum absolute atomic E-state index is 0. The third-order valence-corrected chi connectivity index (χ3v) is 5.81. The largest absolute Gasteiger partial charge is 0.371 e. The Morgan fingerprint density at radius 1 is 0.731 bits per heavy atom. The summed E-state index contributed by atoms with van der Waals surface area (Å²) < 4.78 is 0. The van der Waals surface area contributed by atoms with Crippen LogP contribution in [0.25, 0.3) is 0 Å². The number of allylic oxidation sites excluding steroid dienone is 2. The lowest BCUT2D eigenvalue weighted by Gasteiger charge is -2.30. The molecular weight excluding hydrogens is 338 g/mol. The van der Waals surface area contributed by atoms with Gasteiger partial charge in [0.2, 0.25) is 0 Å². The zero-order chi connectivity index (χ0) is 18.2. The SMILES string of the molecule is CCCCCCCCCCCCCCCCCN1C=CC=C(C)C1C.Cl. The standard InChI is InChI=1S/C24H45N.ClH/c1-4-5-6-7-8-9-10-11-12-13-14-15-16-17-18-21-25-22-19-20-23(2)24(25)3;/h19-20,22,24H,4-18,21H2,1-3H3;1H. The molecule has 1 nitrogen and oxygen atoms in total. The quantitative estimate of drug-likeness (QED) is 0.241. The summed E-state index contributed by atoms with van der Waals surface area (Å²) in [5.41, 5.74) is 1.49. The van der Waals surface area contributed by atoms with Crippen LogP contribution in [0.15, 0.2) is 23.9 Å². The molecule has 0 N–H and O–H groups in total. The van der Waals surface area contributed by atoms with E-state index in [1.807, 2.05) is 0 Å². The Kier molecular flexibility index (Phi) is 17.7. The van der Waals surface area contributed by atoms with Gasteiger partial charge in [-0.25, -0.2) is 0 Å². The number of nitrogens with zero attached hydrogens (tertiary/aromatic N) is 1. The number of rotatable bonds is 16. The average Bonchev–Trinajstić information content (AvgIpc) is 2.61. The fraction of sp³-hybridized carbons (Fsp3) is 0.833. The zero-order valence-corrected chi connectivity index (χ0v) is 18.8. The van der Waals surface area contributed by atoms with E-state index in [0.29, 0.717) is 6.04 Å². The van der Waals surface area contributed by atoms with E-state index >= 15 is 0 Å². The van der Waals surface area contributed by atoms with Gasteiger partial charge in [-0.15, -0.1) is 12.4 Å². The first-order valence-electron chi connectivity index (χ1n) is 11.4. The van der Waals surface area contributed by atoms with Gasteiger partial charge in [0.15, 0.2) is 0 Å². The maximum atomic E-state index is 2.50. The molecule has 2 heteroatoms. The lowest BCUT2D eigenvalue weighted by Crippen LogP contribution is -2.31. The monoisotopic (exact) mass is 383 g/mol. The van der Waals surface area contributed by atoms with Crippen LogP contribution in [0.3, 0.4) is 0 Å². The van der Waals surface area contributed by atoms with Gasteiger partial charge in [0.1, 0.15) is 0 Å². The van der Waals surface area contributed by atoms with Crippen LogP contribution in [-0.4, -0.2) is 17.5 Å². The smallest absolute Gasteiger partial charge is 0.0468 e. The van der Waals surface area contributed by atoms with E-state index in [-0.39, 0.29) is 12.4 Å². The second-order valence-corrected chi connectivity index (χ2v) is 8.12. The third-order valence-electron chi connectivity index (χ3n) is 5.81. The van der Waals surface area contributed by atoms with Crippen LogP contribution in [0.4, 0.5) is 0 Å². The second kappa shape index (κ2) is 18.0. The number of halogens is 1. The molecule has 0 bridgehead atoms. The van der Waals surface area contributed by atoms with E-state index in [9.17, 15) is 0 Å². The summed E-state index contributed by atoms with van der Waals surface area (Å²) in [6.07, 6.45) is 28.3. The Balaban J connectivity index is 0.00000625. The minimum Gasteiger partial charge on any atom is -0.371 e. The maximum Gasteiger partial charge on any atom is 0.0468 e. The van der Waals surface area contributed by atoms with E-state index in [4.69, 9.17) is 0 Å². The molecule has 0 aromatic carbocycles. The third kappa shape index (κ3) is 12.8. The van der Waals surface area contributed by atoms with Crippen molar-refractivity contribution in [3.8, 4) is 0 Å². The van der Waals surface area contributed by atoms with Gasteiger partial charge in [-0.1, -0.05) is 108 Å². The van der Waals surface area contributed by atoms with Gasteiger partial charge in [-0.05, 0) is 32.5 Å². The fourth-order valence-corrected chi connectivity index (χ4v) is 3.77. The molecule has 0 fully saturated rings. The van der Waals surface area contributed by atoms with E-state index in [1.165, 1.54) is 108 Å². The molecule has 0 spiro atoms. The molecule has 1 rings (SSSR count). The summed E-state index contributed by atoms with van der Waals surface area (Å²) in [6.45, 7) is 8.08. The van der Waals surface area contributed by atoms with E-state index in [1.54, 1.807) is 0 Å². The highest BCUT2D eigenvalue weighted by molar-refractivity contribution is 5.85. The molecule has 1 atom stereocenters. The molecular formula is C24H46ClN. The van der Waals surface area contributed by atoms with Crippen molar-refractivity contribution in [1.29, 1.82) is 0 Å². The topological polar surface area (TPSA) is 3.24 Å². The van der Waals surface area contributed by atoms with Crippen molar-refractivity contribution in [2.45, 2.75) is 123 Å². The van der Waals surface area contributed by atoms with Crippen LogP contribution >= 0.6 is 12.4 Å². The van der Waals surface area contributed by atoms with Gasteiger partial charge < -0.3 is 4.90 Å². The maximum absolute atomic E-state index is 2.50. The summed E-state index contributed by atoms with van der Waals surface area (Å²) in [7, 11) is 0. The van der Waals surface area contributed by atoms with Crippen molar-refractivity contribution >= 4 is 12.4 Å². The van der Waals surface area contributed by atoms with E-state index in [2.05, 4.69) is 44.0 Å². The Labute approximate surface area is 171 Å². The molecule has 0 saturated carbocycles. The van der Waals surface area contributed by atoms with Gasteiger partial charge >= 0.3 is 0 Å². The first-order valence-corrected chi connectivity index (χ1v) is 11.4. The van der Waals surface area contributed by atoms with Crippen LogP contribution in [0.5, 0.6) is 0 Å². The molecule has 0 saturated heterocycles. The average molecular weight is 384 g/mol. The van der Waals surface area contributed by atoms with E-state index < -0.39 is 0 Å². The first-order chi connectivity index (χ1) is 12.3. The number of unbranched alkanes of at least 4 members (excludes halogenated alkanes) is 14. The molecule has 0 aromatic heterocycles. The molecule has 26 heavy (non-hydrogen) atoms. The number of hydrogen-bond donors (Lipinski definition) is 0. The summed E-state index contributed by atoms with van der Waals surface area (Å²) in [6, 6.07) is 0.594. The predicted octanol–water partition coefficient (Wildman–Crippen LogP) is 8.44. The highest BCUT2D eigenvalue weighted by Gasteiger charge is 2.13. The van der Waals surface area contributed by atoms with Gasteiger partial charge in [0.25, 0.3) is 0 Å². The van der Waals surface area contributed by atoms with Crippen molar-refractivity contribution in [3.63, 3.8) is 0 Å². The van der Waals surface area contributed by atoms with Crippen LogP contribution in [0, 0.1) is 0 Å². The van der Waals surface area contributed by atoms with Crippen molar-refractivity contribution in [1.82, 2.24) is 4.90 Å². The van der Waals surface area contributed by atoms with Crippen molar-refractivity contribution in [2.75, 3.05) is 6.54 Å². The lowest BCUT2D eigenvalue weighted by atomic mass is 10.0. The summed E-state index contributed by atoms with van der Waals surface area (Å²) in [4.78, 5) is 2.50. The molecule has 0 aliphatic carbocycles. The summed E-state index contributed by atoms with van der Waals surface area (Å²) in [5.74, 6) is 0. The van der Waals surface area contributed by atoms with Crippen LogP contribution in [0.2, 0.25) is 0 Å². The molecule has 1 heterocycles. The van der Waals surface area contributed by atoms with Gasteiger partial charge in [-0.2, -0.15) is 0 Å². The van der Waals surface area contributed by atoms with Crippen LogP contribution < -0.4 is 0 Å². The van der Waals surface area contributed by atoms with Crippen molar-refractivity contribution < 1.29 is 0 Å². The van der Waals surface area contributed by atoms with Crippen LogP contribution in [-0.2, 0) is 0 Å². The van der Waals surface area contributed by atoms with Crippen LogP contribution in [0.1, 0.15) is 117 Å². The molecule has 0 amide bonds. The van der Waals surface area contributed by atoms with Gasteiger partial charge in [0, 0.05) is 12.6 Å². The van der Waals surface area contributed by atoms with Gasteiger partial charge in [-0.3, -0.25) is 0 Å². The van der Waals surface area contributed by atoms with Crippen molar-refractivity contribution in [2.24, 2.45) is 0 Å². The molecule has 1 aliphatic rings. The normalized spacial score (nSPS) is 16.5. The second-order valence-electron chi connectivity index (χ2n) is 8.12. The Bertz CT molecular complexity index is 361. The molecule has 1 aliphatic heterocycles. The van der Waals surface area contributed by atoms with Gasteiger partial charge in [0.05, 0.1) is 0 Å². The summed E-state index contributed by atoms with van der Waals surface area (Å²) >= 11 is 0. The Morgan fingerprint density at radius 3 is 1.62 bits per heavy atom. The molecule has 0 radical (unpaired) electrons. The fourth-order valence-electron chi connectivity index (χ4n) is 3.77. The lowest BCUT2D eigenvalue weighted by molar-refractivity contribution is 0.311. The molecule has 0 aromatic rings. The zero-order valence-electron chi connectivity index (χ0n) is 18.0. The molecule has 1 unspecified atom stereocenters. The number of hydrogen-bond acceptors (Lipinski definition) is 1. The Morgan fingerprint density at radius 2 is 1.15 bits per heavy atom. The molecule has 154 valence electrons. The minimum atomic E-state index is 0. The van der Waals surface area contributed by atoms with Crippen molar-refractivity contribution in [3.05, 3.63) is 23.9 Å².